The lowest BCUT2D eigenvalue weighted by atomic mass is 9.69. The molecule has 6 nitrogen and oxygen atoms in total. The molecule has 0 amide bonds. The van der Waals surface area contributed by atoms with Crippen molar-refractivity contribution in [1.82, 2.24) is 10.2 Å². The van der Waals surface area contributed by atoms with Crippen molar-refractivity contribution in [3.63, 3.8) is 0 Å². The summed E-state index contributed by atoms with van der Waals surface area (Å²) in [6.07, 6.45) is 0.956. The van der Waals surface area contributed by atoms with Gasteiger partial charge in [0, 0.05) is 22.9 Å². The molecule has 0 fully saturated rings. The number of benzene rings is 1. The van der Waals surface area contributed by atoms with Crippen molar-refractivity contribution >= 4 is 34.0 Å². The van der Waals surface area contributed by atoms with E-state index in [4.69, 9.17) is 5.73 Å². The average molecular weight is 470 g/mol. The van der Waals surface area contributed by atoms with Crippen LogP contribution in [0, 0.1) is 22.6 Å². The van der Waals surface area contributed by atoms with Gasteiger partial charge in [0.25, 0.3) is 0 Å². The molecule has 1 aliphatic carbocycles. The summed E-state index contributed by atoms with van der Waals surface area (Å²) in [7, 11) is 0. The number of ketones is 1. The third-order valence-electron chi connectivity index (χ3n) is 5.51. The van der Waals surface area contributed by atoms with Crippen LogP contribution in [0.5, 0.6) is 0 Å². The Bertz CT molecular complexity index is 1170. The SMILES string of the molecule is CC(C)Sc1nnc(N2C(N)=C(C#N)C(c3ccc(F)cc3)C3=C2CC(C)(C)CC3=O)s1. The first-order valence-corrected chi connectivity index (χ1v) is 12.0. The Kier molecular flexibility index (Phi) is 5.86. The van der Waals surface area contributed by atoms with Crippen LogP contribution in [-0.4, -0.2) is 21.2 Å². The van der Waals surface area contributed by atoms with Crippen molar-refractivity contribution in [3.8, 4) is 6.07 Å². The number of Topliss-reactive ketones (excluding diaryl/α,β-unsaturated/α-hetero) is 1. The number of nitrogens with two attached hydrogens (primary N) is 1. The minimum Gasteiger partial charge on any atom is -0.384 e. The molecule has 4 rings (SSSR count). The molecule has 166 valence electrons. The van der Waals surface area contributed by atoms with Gasteiger partial charge in [-0.1, -0.05) is 62.9 Å². The number of carbonyl (C=O) groups excluding carboxylic acids is 1. The van der Waals surface area contributed by atoms with Gasteiger partial charge in [-0.05, 0) is 29.5 Å². The highest BCUT2D eigenvalue weighted by Gasteiger charge is 2.45. The Balaban J connectivity index is 1.92. The number of rotatable bonds is 4. The third kappa shape index (κ3) is 4.05. The highest BCUT2D eigenvalue weighted by atomic mass is 32.2. The number of carbonyl (C=O) groups is 1. The summed E-state index contributed by atoms with van der Waals surface area (Å²) in [5.74, 6) is -0.802. The molecule has 0 spiro atoms. The maximum Gasteiger partial charge on any atom is 0.219 e. The van der Waals surface area contributed by atoms with Gasteiger partial charge in [0.2, 0.25) is 5.13 Å². The molecule has 2 aliphatic rings. The molecule has 1 aromatic carbocycles. The van der Waals surface area contributed by atoms with E-state index in [9.17, 15) is 14.4 Å². The molecule has 2 heterocycles. The van der Waals surface area contributed by atoms with Crippen molar-refractivity contribution in [1.29, 1.82) is 5.26 Å². The third-order valence-corrected chi connectivity index (χ3v) is 7.50. The van der Waals surface area contributed by atoms with Gasteiger partial charge in [-0.15, -0.1) is 10.2 Å². The zero-order valence-corrected chi connectivity index (χ0v) is 20.0. The van der Waals surface area contributed by atoms with Crippen LogP contribution in [0.25, 0.3) is 0 Å². The van der Waals surface area contributed by atoms with E-state index in [1.807, 2.05) is 13.8 Å². The second-order valence-corrected chi connectivity index (χ2v) is 11.8. The van der Waals surface area contributed by atoms with E-state index >= 15 is 0 Å². The molecule has 1 aliphatic heterocycles. The van der Waals surface area contributed by atoms with Gasteiger partial charge in [-0.2, -0.15) is 5.26 Å². The molecule has 9 heteroatoms. The zero-order valence-electron chi connectivity index (χ0n) is 18.3. The summed E-state index contributed by atoms with van der Waals surface area (Å²) in [4.78, 5) is 15.2. The van der Waals surface area contributed by atoms with E-state index in [0.717, 1.165) is 10.0 Å². The van der Waals surface area contributed by atoms with E-state index in [1.54, 1.807) is 28.8 Å². The summed E-state index contributed by atoms with van der Waals surface area (Å²) in [5.41, 5.74) is 8.51. The molecule has 1 atom stereocenters. The fraction of sp³-hybridized carbons (Fsp3) is 0.391. The van der Waals surface area contributed by atoms with Gasteiger partial charge in [0.1, 0.15) is 11.6 Å². The quantitative estimate of drug-likeness (QED) is 0.621. The lowest BCUT2D eigenvalue weighted by molar-refractivity contribution is -0.118. The standard InChI is InChI=1S/C23H24FN5OS2/c1-12(2)31-22-28-27-21(32-22)29-16-9-23(3,4)10-17(30)19(16)18(15(11-25)20(29)26)13-5-7-14(24)8-6-13/h5-8,12,18H,9-10,26H2,1-4H3. The fourth-order valence-electron chi connectivity index (χ4n) is 4.26. The molecule has 32 heavy (non-hydrogen) atoms. The van der Waals surface area contributed by atoms with Gasteiger partial charge in [-0.3, -0.25) is 9.69 Å². The second-order valence-electron chi connectivity index (χ2n) is 9.05. The van der Waals surface area contributed by atoms with Crippen LogP contribution < -0.4 is 10.6 Å². The van der Waals surface area contributed by atoms with Crippen LogP contribution in [0.15, 0.2) is 51.3 Å². The summed E-state index contributed by atoms with van der Waals surface area (Å²) >= 11 is 2.99. The topological polar surface area (TPSA) is 95.9 Å². The number of hydrogen-bond acceptors (Lipinski definition) is 8. The number of allylic oxidation sites excluding steroid dienone is 3. The lowest BCUT2D eigenvalue weighted by Crippen LogP contribution is -2.42. The zero-order chi connectivity index (χ0) is 23.2. The van der Waals surface area contributed by atoms with Crippen LogP contribution in [0.3, 0.4) is 0 Å². The maximum absolute atomic E-state index is 13.6. The molecule has 0 saturated carbocycles. The maximum atomic E-state index is 13.6. The number of hydrogen-bond donors (Lipinski definition) is 1. The Labute approximate surface area is 195 Å². The van der Waals surface area contributed by atoms with Crippen LogP contribution >= 0.6 is 23.1 Å². The number of anilines is 1. The Morgan fingerprint density at radius 1 is 1.28 bits per heavy atom. The van der Waals surface area contributed by atoms with Crippen LogP contribution in [0.4, 0.5) is 9.52 Å². The number of halogens is 1. The number of thioether (sulfide) groups is 1. The van der Waals surface area contributed by atoms with Gasteiger partial charge in [0.05, 0.1) is 17.6 Å². The molecule has 2 N–H and O–H groups in total. The first kappa shape index (κ1) is 22.5. The molecule has 2 aromatic rings. The molecular formula is C23H24FN5OS2. The van der Waals surface area contributed by atoms with E-state index in [0.29, 0.717) is 34.4 Å². The highest BCUT2D eigenvalue weighted by Crippen LogP contribution is 2.50. The number of aromatic nitrogens is 2. The van der Waals surface area contributed by atoms with Crippen LogP contribution in [0.2, 0.25) is 0 Å². The Hall–Kier alpha value is -2.70. The molecule has 0 radical (unpaired) electrons. The smallest absolute Gasteiger partial charge is 0.219 e. The monoisotopic (exact) mass is 469 g/mol. The largest absolute Gasteiger partial charge is 0.384 e. The normalized spacial score (nSPS) is 20.6. The van der Waals surface area contributed by atoms with Crippen molar-refractivity contribution < 1.29 is 9.18 Å². The van der Waals surface area contributed by atoms with Crippen molar-refractivity contribution in [3.05, 3.63) is 58.3 Å². The van der Waals surface area contributed by atoms with E-state index < -0.39 is 5.92 Å². The van der Waals surface area contributed by atoms with Crippen molar-refractivity contribution in [2.24, 2.45) is 11.1 Å². The Morgan fingerprint density at radius 3 is 2.59 bits per heavy atom. The van der Waals surface area contributed by atoms with E-state index in [1.165, 1.54) is 23.5 Å². The summed E-state index contributed by atoms with van der Waals surface area (Å²) in [6, 6.07) is 8.11. The summed E-state index contributed by atoms with van der Waals surface area (Å²) in [6.45, 7) is 8.23. The van der Waals surface area contributed by atoms with Crippen molar-refractivity contribution in [2.75, 3.05) is 4.90 Å². The predicted octanol–water partition coefficient (Wildman–Crippen LogP) is 5.12. The van der Waals surface area contributed by atoms with Gasteiger partial charge in [0.15, 0.2) is 10.1 Å². The van der Waals surface area contributed by atoms with Crippen LogP contribution in [-0.2, 0) is 4.79 Å². The lowest BCUT2D eigenvalue weighted by Gasteiger charge is -2.42. The molecule has 1 unspecified atom stereocenters. The molecule has 1 aromatic heterocycles. The Morgan fingerprint density at radius 2 is 1.97 bits per heavy atom. The molecular weight excluding hydrogens is 445 g/mol. The van der Waals surface area contributed by atoms with Crippen LogP contribution in [0.1, 0.15) is 52.0 Å². The number of nitriles is 1. The molecule has 0 saturated heterocycles. The van der Waals surface area contributed by atoms with Gasteiger partial charge >= 0.3 is 0 Å². The van der Waals surface area contributed by atoms with E-state index in [2.05, 4.69) is 30.1 Å². The van der Waals surface area contributed by atoms with Gasteiger partial charge < -0.3 is 5.73 Å². The minimum absolute atomic E-state index is 0.0304. The summed E-state index contributed by atoms with van der Waals surface area (Å²) < 4.78 is 14.4. The summed E-state index contributed by atoms with van der Waals surface area (Å²) in [5, 5.41) is 19.5. The van der Waals surface area contributed by atoms with Gasteiger partial charge in [-0.25, -0.2) is 4.39 Å². The first-order valence-electron chi connectivity index (χ1n) is 10.3. The minimum atomic E-state index is -0.632. The fourth-order valence-corrected chi connectivity index (χ4v) is 6.36. The highest BCUT2D eigenvalue weighted by molar-refractivity contribution is 8.01. The predicted molar refractivity (Wildman–Crippen MR) is 124 cm³/mol. The second kappa shape index (κ2) is 8.34. The van der Waals surface area contributed by atoms with E-state index in [-0.39, 0.29) is 28.4 Å². The molecule has 0 bridgehead atoms. The average Bonchev–Trinajstić information content (AvgIpc) is 3.14. The van der Waals surface area contributed by atoms with Crippen molar-refractivity contribution in [2.45, 2.75) is 56.0 Å². The first-order chi connectivity index (χ1) is 15.1. The number of nitrogens with zero attached hydrogens (tertiary/aromatic N) is 4.